The van der Waals surface area contributed by atoms with Gasteiger partial charge in [0.15, 0.2) is 0 Å². The van der Waals surface area contributed by atoms with Gasteiger partial charge in [-0.15, -0.1) is 0 Å². The SMILES string of the molecule is Cc1cccc2c1-c1cc(Cl)c(F)c(c1)[C@@H](CC(=O)O)NC(=O)[C@@H](n1cc(CCN3CC(F)C3)c(C(F)(F)F)cc1=O)c1cc(ccc1F)O2. The van der Waals surface area contributed by atoms with E-state index >= 15 is 8.78 Å². The molecule has 15 heteroatoms. The van der Waals surface area contributed by atoms with Crippen LogP contribution in [0.25, 0.3) is 11.1 Å². The number of halogens is 7. The summed E-state index contributed by atoms with van der Waals surface area (Å²) in [6, 6.07) is 7.41. The second kappa shape index (κ2) is 13.5. The molecule has 0 aliphatic carbocycles. The van der Waals surface area contributed by atoms with Crippen LogP contribution in [-0.4, -0.2) is 52.3 Å². The molecule has 2 aliphatic heterocycles. The zero-order chi connectivity index (χ0) is 36.1. The van der Waals surface area contributed by atoms with Crippen LogP contribution in [0.3, 0.4) is 0 Å². The fraction of sp³-hybridized carbons (Fsp3) is 0.286. The van der Waals surface area contributed by atoms with Crippen LogP contribution >= 0.6 is 11.6 Å². The summed E-state index contributed by atoms with van der Waals surface area (Å²) in [5.74, 6) is -4.66. The number of aryl methyl sites for hydroxylation is 1. The summed E-state index contributed by atoms with van der Waals surface area (Å²) in [6.07, 6.45) is -6.53. The van der Waals surface area contributed by atoms with Gasteiger partial charge in [-0.3, -0.25) is 23.9 Å². The molecular formula is C35H28ClF6N3O5. The number of likely N-dealkylation sites (tertiary alicyclic amines) is 1. The predicted molar refractivity (Wildman–Crippen MR) is 170 cm³/mol. The van der Waals surface area contributed by atoms with Crippen LogP contribution in [0.2, 0.25) is 5.02 Å². The molecule has 50 heavy (non-hydrogen) atoms. The molecule has 262 valence electrons. The molecule has 0 unspecified atom stereocenters. The van der Waals surface area contributed by atoms with E-state index in [0.29, 0.717) is 21.3 Å². The van der Waals surface area contributed by atoms with Crippen molar-refractivity contribution in [3.05, 3.63) is 116 Å². The third kappa shape index (κ3) is 6.94. The molecule has 4 bridgehead atoms. The summed E-state index contributed by atoms with van der Waals surface area (Å²) in [5, 5.41) is 11.8. The van der Waals surface area contributed by atoms with Crippen LogP contribution in [0.4, 0.5) is 26.3 Å². The van der Waals surface area contributed by atoms with E-state index in [1.807, 2.05) is 0 Å². The lowest BCUT2D eigenvalue weighted by atomic mass is 9.94. The Hall–Kier alpha value is -4.82. The van der Waals surface area contributed by atoms with Gasteiger partial charge in [0.25, 0.3) is 5.56 Å². The highest BCUT2D eigenvalue weighted by molar-refractivity contribution is 6.31. The number of alkyl halides is 4. The minimum Gasteiger partial charge on any atom is -0.481 e. The third-order valence-electron chi connectivity index (χ3n) is 8.75. The Morgan fingerprint density at radius 1 is 1.06 bits per heavy atom. The first-order valence-electron chi connectivity index (χ1n) is 15.4. The summed E-state index contributed by atoms with van der Waals surface area (Å²) in [7, 11) is 0. The molecule has 2 atom stereocenters. The molecule has 6 rings (SSSR count). The van der Waals surface area contributed by atoms with Gasteiger partial charge in [0, 0.05) is 48.6 Å². The molecule has 0 radical (unpaired) electrons. The van der Waals surface area contributed by atoms with Gasteiger partial charge >= 0.3 is 12.1 Å². The molecule has 1 aromatic heterocycles. The van der Waals surface area contributed by atoms with Crippen molar-refractivity contribution < 1.29 is 45.8 Å². The van der Waals surface area contributed by atoms with E-state index in [4.69, 9.17) is 16.3 Å². The maximum absolute atomic E-state index is 15.8. The molecule has 3 aromatic carbocycles. The third-order valence-corrected chi connectivity index (χ3v) is 9.02. The summed E-state index contributed by atoms with van der Waals surface area (Å²) >= 11 is 6.29. The number of carbonyl (C=O) groups is 2. The highest BCUT2D eigenvalue weighted by Crippen LogP contribution is 2.41. The minimum absolute atomic E-state index is 0.00780. The Bertz CT molecular complexity index is 2060. The molecule has 1 saturated heterocycles. The number of fused-ring (bicyclic) bond motifs is 6. The van der Waals surface area contributed by atoms with Gasteiger partial charge in [-0.05, 0) is 66.4 Å². The maximum atomic E-state index is 15.8. The molecule has 0 saturated carbocycles. The van der Waals surface area contributed by atoms with Crippen molar-refractivity contribution in [2.45, 2.75) is 44.2 Å². The van der Waals surface area contributed by atoms with E-state index in [9.17, 15) is 37.1 Å². The first-order chi connectivity index (χ1) is 23.6. The second-order valence-electron chi connectivity index (χ2n) is 12.2. The van der Waals surface area contributed by atoms with Crippen molar-refractivity contribution in [1.29, 1.82) is 0 Å². The Kier molecular flexibility index (Phi) is 9.44. The largest absolute Gasteiger partial charge is 0.481 e. The van der Waals surface area contributed by atoms with Crippen molar-refractivity contribution in [2.24, 2.45) is 0 Å². The van der Waals surface area contributed by atoms with Crippen molar-refractivity contribution in [3.63, 3.8) is 0 Å². The molecule has 3 heterocycles. The fourth-order valence-corrected chi connectivity index (χ4v) is 6.56. The van der Waals surface area contributed by atoms with Gasteiger partial charge in [0.2, 0.25) is 5.91 Å². The van der Waals surface area contributed by atoms with Crippen molar-refractivity contribution in [2.75, 3.05) is 19.6 Å². The molecular weight excluding hydrogens is 692 g/mol. The fourth-order valence-electron chi connectivity index (χ4n) is 6.33. The molecule has 0 spiro atoms. The molecule has 1 amide bonds. The Morgan fingerprint density at radius 2 is 1.80 bits per heavy atom. The number of nitrogens with one attached hydrogen (secondary N) is 1. The smallest absolute Gasteiger partial charge is 0.416 e. The lowest BCUT2D eigenvalue weighted by Crippen LogP contribution is -2.49. The number of benzene rings is 3. The van der Waals surface area contributed by atoms with Crippen molar-refractivity contribution in [1.82, 2.24) is 14.8 Å². The van der Waals surface area contributed by atoms with Gasteiger partial charge < -0.3 is 15.2 Å². The number of aliphatic carboxylic acids is 1. The van der Waals surface area contributed by atoms with Crippen LogP contribution in [0.5, 0.6) is 11.5 Å². The number of amides is 1. The van der Waals surface area contributed by atoms with E-state index in [1.165, 1.54) is 18.2 Å². The quantitative estimate of drug-likeness (QED) is 0.208. The summed E-state index contributed by atoms with van der Waals surface area (Å²) in [4.78, 5) is 41.3. The van der Waals surface area contributed by atoms with E-state index in [-0.39, 0.29) is 49.2 Å². The topological polar surface area (TPSA) is 101 Å². The Morgan fingerprint density at radius 3 is 2.48 bits per heavy atom. The van der Waals surface area contributed by atoms with Crippen LogP contribution in [0, 0.1) is 18.6 Å². The molecule has 4 aromatic rings. The van der Waals surface area contributed by atoms with E-state index in [2.05, 4.69) is 5.32 Å². The molecule has 2 N–H and O–H groups in total. The van der Waals surface area contributed by atoms with Crippen molar-refractivity contribution in [3.8, 4) is 22.6 Å². The lowest BCUT2D eigenvalue weighted by Gasteiger charge is -2.34. The second-order valence-corrected chi connectivity index (χ2v) is 12.6. The molecule has 8 nitrogen and oxygen atoms in total. The summed E-state index contributed by atoms with van der Waals surface area (Å²) < 4.78 is 94.1. The molecule has 1 fully saturated rings. The predicted octanol–water partition coefficient (Wildman–Crippen LogP) is 7.00. The average molecular weight is 720 g/mol. The first kappa shape index (κ1) is 35.0. The van der Waals surface area contributed by atoms with Crippen LogP contribution < -0.4 is 15.6 Å². The monoisotopic (exact) mass is 719 g/mol. The zero-order valence-corrected chi connectivity index (χ0v) is 26.9. The molecule has 2 aliphatic rings. The zero-order valence-electron chi connectivity index (χ0n) is 26.2. The first-order valence-corrected chi connectivity index (χ1v) is 15.8. The van der Waals surface area contributed by atoms with E-state index in [0.717, 1.165) is 18.3 Å². The number of aromatic nitrogens is 1. The Balaban J connectivity index is 1.58. The number of ether oxygens (including phenoxy) is 1. The van der Waals surface area contributed by atoms with Crippen LogP contribution in [-0.2, 0) is 22.2 Å². The summed E-state index contributed by atoms with van der Waals surface area (Å²) in [5.41, 5.74) is -2.57. The highest BCUT2D eigenvalue weighted by atomic mass is 35.5. The summed E-state index contributed by atoms with van der Waals surface area (Å²) in [6.45, 7) is 1.75. The number of carboxylic acid groups (broad SMARTS) is 1. The average Bonchev–Trinajstić information content (AvgIpc) is 3.02. The number of nitrogens with zero attached hydrogens (tertiary/aromatic N) is 2. The number of pyridine rings is 1. The van der Waals surface area contributed by atoms with E-state index in [1.54, 1.807) is 30.0 Å². The number of hydrogen-bond acceptors (Lipinski definition) is 5. The number of carbonyl (C=O) groups excluding carboxylic acids is 1. The normalized spacial score (nSPS) is 18.1. The maximum Gasteiger partial charge on any atom is 0.416 e. The number of carboxylic acids is 1. The van der Waals surface area contributed by atoms with Crippen LogP contribution in [0.1, 0.15) is 46.3 Å². The van der Waals surface area contributed by atoms with Gasteiger partial charge in [0.05, 0.1) is 23.0 Å². The van der Waals surface area contributed by atoms with Gasteiger partial charge in [-0.1, -0.05) is 23.7 Å². The Labute approximate surface area is 285 Å². The van der Waals surface area contributed by atoms with Gasteiger partial charge in [-0.2, -0.15) is 13.2 Å². The lowest BCUT2D eigenvalue weighted by molar-refractivity contribution is -0.139. The van der Waals surface area contributed by atoms with Crippen molar-refractivity contribution >= 4 is 23.5 Å². The van der Waals surface area contributed by atoms with Gasteiger partial charge in [-0.25, -0.2) is 13.2 Å². The number of rotatable bonds is 6. The van der Waals surface area contributed by atoms with Gasteiger partial charge in [0.1, 0.15) is 35.3 Å². The minimum atomic E-state index is -4.99. The highest BCUT2D eigenvalue weighted by Gasteiger charge is 2.38. The van der Waals surface area contributed by atoms with E-state index < -0.39 is 81.6 Å². The van der Waals surface area contributed by atoms with Crippen LogP contribution in [0.15, 0.2) is 65.6 Å². The number of hydrogen-bond donors (Lipinski definition) is 2. The standard InChI is InChI=1S/C35H28ClF6N3O5/c1-17-3-2-4-28-31(17)19-9-23(32(39)25(36)10-19)27(13-30(47)48)43-34(49)33(22-11-21(50-28)5-6-26(22)38)45-14-18(7-8-44-15-20(37)16-44)24(12-29(45)46)35(40,41)42/h2-6,9-12,14,20,27,33H,7-8,13,15-16H2,1H3,(H,43,49)(H,47,48)/t27-,33+/m1/s1.